The Balaban J connectivity index is 3.17. The fourth-order valence-corrected chi connectivity index (χ4v) is 1.00. The summed E-state index contributed by atoms with van der Waals surface area (Å²) in [5.74, 6) is 0. The van der Waals surface area contributed by atoms with Crippen molar-refractivity contribution in [2.45, 2.75) is 6.92 Å². The van der Waals surface area contributed by atoms with Gasteiger partial charge in [-0.25, -0.2) is 9.97 Å². The van der Waals surface area contributed by atoms with Gasteiger partial charge in [0.2, 0.25) is 0 Å². The highest BCUT2D eigenvalue weighted by atomic mass is 127. The van der Waals surface area contributed by atoms with E-state index in [-0.39, 0.29) is 0 Å². The van der Waals surface area contributed by atoms with Crippen LogP contribution in [-0.4, -0.2) is 17.8 Å². The number of hydrogen-bond donors (Lipinski definition) is 0. The maximum atomic E-state index is 4.15. The van der Waals surface area contributed by atoms with Crippen LogP contribution in [-0.2, 0) is 0 Å². The third-order valence-electron chi connectivity index (χ3n) is 1.20. The van der Waals surface area contributed by atoms with Crippen molar-refractivity contribution in [3.63, 3.8) is 0 Å². The maximum Gasteiger partial charge on any atom is 0.190 e. The molecule has 0 N–H and O–H groups in total. The lowest BCUT2D eigenvalue weighted by Crippen LogP contribution is -2.11. The van der Waals surface area contributed by atoms with Crippen molar-refractivity contribution < 1.29 is 0 Å². The maximum absolute atomic E-state index is 4.15. The summed E-state index contributed by atoms with van der Waals surface area (Å²) in [5, 5.41) is 0. The van der Waals surface area contributed by atoms with Crippen LogP contribution in [0.3, 0.4) is 0 Å². The summed E-state index contributed by atoms with van der Waals surface area (Å²) in [6.45, 7) is 1.99. The lowest BCUT2D eigenvalue weighted by Gasteiger charge is -1.95. The summed E-state index contributed by atoms with van der Waals surface area (Å²) in [4.78, 5) is 8.16. The van der Waals surface area contributed by atoms with Crippen molar-refractivity contribution in [1.29, 1.82) is 0 Å². The molecule has 0 aliphatic rings. The molecule has 0 radical (unpaired) electrons. The van der Waals surface area contributed by atoms with E-state index in [0.717, 1.165) is 15.0 Å². The molecule has 1 aromatic heterocycles. The van der Waals surface area contributed by atoms with Gasteiger partial charge in [-0.2, -0.15) is 0 Å². The van der Waals surface area contributed by atoms with Gasteiger partial charge in [0.1, 0.15) is 7.85 Å². The fraction of sp³-hybridized carbons (Fsp3) is 0.200. The molecular weight excluding hydrogens is 226 g/mol. The largest absolute Gasteiger partial charge is 0.232 e. The average Bonchev–Trinajstić information content (AvgIpc) is 1.80. The molecule has 0 saturated heterocycles. The normalized spacial score (nSPS) is 9.56. The first-order valence-electron chi connectivity index (χ1n) is 2.66. The molecule has 4 heteroatoms. The van der Waals surface area contributed by atoms with E-state index in [1.54, 1.807) is 0 Å². The van der Waals surface area contributed by atoms with Gasteiger partial charge in [-0.3, -0.25) is 0 Å². The van der Waals surface area contributed by atoms with E-state index < -0.39 is 0 Å². The van der Waals surface area contributed by atoms with E-state index in [0.29, 0.717) is 0 Å². The Bertz CT molecular complexity index is 226. The van der Waals surface area contributed by atoms with Gasteiger partial charge in [-0.1, -0.05) is 5.46 Å². The van der Waals surface area contributed by atoms with E-state index in [1.807, 2.05) is 21.0 Å². The van der Waals surface area contributed by atoms with E-state index >= 15 is 0 Å². The summed E-state index contributed by atoms with van der Waals surface area (Å²) >= 11 is 2.10. The molecule has 9 heavy (non-hydrogen) atoms. The molecule has 0 unspecified atom stereocenters. The molecule has 0 bridgehead atoms. The Morgan fingerprint density at radius 3 is 2.78 bits per heavy atom. The van der Waals surface area contributed by atoms with Crippen LogP contribution < -0.4 is 5.46 Å². The number of rotatable bonds is 0. The van der Waals surface area contributed by atoms with Crippen LogP contribution in [0.2, 0.25) is 0 Å². The van der Waals surface area contributed by atoms with Crippen molar-refractivity contribution in [2.24, 2.45) is 0 Å². The Morgan fingerprint density at radius 2 is 2.33 bits per heavy atom. The second-order valence-corrected chi connectivity index (χ2v) is 2.87. The smallest absolute Gasteiger partial charge is 0.190 e. The number of nitrogens with zero attached hydrogens (tertiary/aromatic N) is 2. The van der Waals surface area contributed by atoms with Crippen molar-refractivity contribution in [3.8, 4) is 0 Å². The first-order valence-corrected chi connectivity index (χ1v) is 3.74. The van der Waals surface area contributed by atoms with E-state index in [2.05, 4.69) is 32.6 Å². The third kappa shape index (κ3) is 1.64. The molecule has 0 aliphatic carbocycles. The van der Waals surface area contributed by atoms with Crippen LogP contribution in [0, 0.1) is 10.8 Å². The van der Waals surface area contributed by atoms with Crippen molar-refractivity contribution in [2.75, 3.05) is 0 Å². The predicted molar refractivity (Wildman–Crippen MR) is 47.7 cm³/mol. The van der Waals surface area contributed by atoms with Gasteiger partial charge in [-0.05, 0) is 6.92 Å². The summed E-state index contributed by atoms with van der Waals surface area (Å²) in [5.41, 5.74) is 2.21. The van der Waals surface area contributed by atoms with Crippen LogP contribution in [0.15, 0.2) is 6.20 Å². The quantitative estimate of drug-likeness (QED) is 0.347. The van der Waals surface area contributed by atoms with E-state index in [4.69, 9.17) is 0 Å². The predicted octanol–water partition coefficient (Wildman–Crippen LogP) is -0.352. The van der Waals surface area contributed by atoms with Crippen molar-refractivity contribution in [1.82, 2.24) is 9.97 Å². The molecule has 1 rings (SSSR count). The van der Waals surface area contributed by atoms with Crippen LogP contribution >= 0.6 is 22.6 Å². The monoisotopic (exact) mass is 232 g/mol. The lowest BCUT2D eigenvalue weighted by molar-refractivity contribution is 1.07. The molecule has 0 aromatic carbocycles. The standard InChI is InChI=1S/C5H6BIN2/c1-3-4(6)2-8-5(7)9-3/h2H,6H2,1H3. The molecule has 1 heterocycles. The number of aromatic nitrogens is 2. The van der Waals surface area contributed by atoms with Crippen LogP contribution in [0.1, 0.15) is 5.69 Å². The van der Waals surface area contributed by atoms with Crippen LogP contribution in [0.25, 0.3) is 0 Å². The lowest BCUT2D eigenvalue weighted by atomic mass is 9.97. The van der Waals surface area contributed by atoms with Crippen molar-refractivity contribution >= 4 is 35.9 Å². The summed E-state index contributed by atoms with van der Waals surface area (Å²) in [7, 11) is 2.01. The topological polar surface area (TPSA) is 25.8 Å². The minimum Gasteiger partial charge on any atom is -0.232 e. The van der Waals surface area contributed by atoms with Gasteiger partial charge >= 0.3 is 0 Å². The molecule has 1 aromatic rings. The minimum absolute atomic E-state index is 0.815. The van der Waals surface area contributed by atoms with Gasteiger partial charge in [-0.15, -0.1) is 0 Å². The van der Waals surface area contributed by atoms with Crippen LogP contribution in [0.5, 0.6) is 0 Å². The van der Waals surface area contributed by atoms with Gasteiger partial charge in [0.05, 0.1) is 0 Å². The first-order chi connectivity index (χ1) is 4.20. The molecule has 0 amide bonds. The molecule has 0 fully saturated rings. The molecule has 0 saturated carbocycles. The Labute approximate surface area is 68.6 Å². The summed E-state index contributed by atoms with van der Waals surface area (Å²) < 4.78 is 0.815. The Kier molecular flexibility index (Phi) is 2.05. The fourth-order valence-electron chi connectivity index (χ4n) is 0.499. The SMILES string of the molecule is Bc1cnc(I)nc1C. The molecule has 46 valence electrons. The van der Waals surface area contributed by atoms with E-state index in [1.165, 1.54) is 0 Å². The minimum atomic E-state index is 0.815. The molecule has 0 aliphatic heterocycles. The number of aryl methyl sites for hydroxylation is 1. The Morgan fingerprint density at radius 1 is 1.67 bits per heavy atom. The zero-order chi connectivity index (χ0) is 6.85. The second kappa shape index (κ2) is 2.64. The van der Waals surface area contributed by atoms with Crippen LogP contribution in [0.4, 0.5) is 0 Å². The Hall–Kier alpha value is -0.125. The first kappa shape index (κ1) is 6.99. The zero-order valence-corrected chi connectivity index (χ0v) is 7.51. The van der Waals surface area contributed by atoms with Gasteiger partial charge < -0.3 is 0 Å². The second-order valence-electron chi connectivity index (χ2n) is 1.91. The summed E-state index contributed by atoms with van der Waals surface area (Å²) in [6, 6.07) is 0. The highest BCUT2D eigenvalue weighted by Gasteiger charge is 1.93. The third-order valence-corrected chi connectivity index (χ3v) is 1.72. The summed E-state index contributed by atoms with van der Waals surface area (Å²) in [6.07, 6.45) is 1.84. The molecular formula is C5H6BIN2. The zero-order valence-electron chi connectivity index (χ0n) is 5.35. The molecule has 2 nitrogen and oxygen atoms in total. The molecule has 0 spiro atoms. The highest BCUT2D eigenvalue weighted by molar-refractivity contribution is 14.1. The van der Waals surface area contributed by atoms with Gasteiger partial charge in [0.15, 0.2) is 3.83 Å². The average molecular weight is 232 g/mol. The van der Waals surface area contributed by atoms with E-state index in [9.17, 15) is 0 Å². The van der Waals surface area contributed by atoms with Crippen molar-refractivity contribution in [3.05, 3.63) is 15.7 Å². The number of halogens is 1. The molecule has 0 atom stereocenters. The highest BCUT2D eigenvalue weighted by Crippen LogP contribution is 1.93. The number of hydrogen-bond acceptors (Lipinski definition) is 2. The van der Waals surface area contributed by atoms with Gasteiger partial charge in [0.25, 0.3) is 0 Å². The van der Waals surface area contributed by atoms with Gasteiger partial charge in [0, 0.05) is 34.5 Å².